The van der Waals surface area contributed by atoms with Crippen LogP contribution < -0.4 is 15.5 Å². The summed E-state index contributed by atoms with van der Waals surface area (Å²) < 4.78 is 45.5. The minimum atomic E-state index is -4.56. The van der Waals surface area contributed by atoms with Crippen molar-refractivity contribution in [3.8, 4) is 0 Å². The number of benzene rings is 1. The number of alkyl halides is 3. The molecule has 4 amide bonds. The van der Waals surface area contributed by atoms with E-state index in [2.05, 4.69) is 10.6 Å². The molecule has 4 rings (SSSR count). The van der Waals surface area contributed by atoms with Gasteiger partial charge in [0.05, 0.1) is 23.8 Å². The number of barbiturate groups is 1. The minimum absolute atomic E-state index is 0.229. The molecule has 2 saturated heterocycles. The van der Waals surface area contributed by atoms with Crippen molar-refractivity contribution in [1.82, 2.24) is 10.6 Å². The molecule has 2 N–H and O–H groups in total. The van der Waals surface area contributed by atoms with Crippen molar-refractivity contribution in [2.24, 2.45) is 5.41 Å². The molecule has 3 unspecified atom stereocenters. The maximum atomic E-state index is 13.2. The molecule has 1 spiro atoms. The molecule has 3 heterocycles. The number of halogens is 3. The molecule has 0 radical (unpaired) electrons. The summed E-state index contributed by atoms with van der Waals surface area (Å²) >= 11 is 0. The van der Waals surface area contributed by atoms with Crippen LogP contribution >= 0.6 is 0 Å². The van der Waals surface area contributed by atoms with E-state index in [-0.39, 0.29) is 18.1 Å². The first-order valence-corrected chi connectivity index (χ1v) is 8.83. The van der Waals surface area contributed by atoms with Crippen LogP contribution in [0.15, 0.2) is 18.2 Å². The van der Waals surface area contributed by atoms with Gasteiger partial charge >= 0.3 is 12.2 Å². The Morgan fingerprint density at radius 2 is 1.79 bits per heavy atom. The van der Waals surface area contributed by atoms with Crippen molar-refractivity contribution >= 4 is 23.5 Å². The number of carbonyl (C=O) groups excluding carboxylic acids is 3. The van der Waals surface area contributed by atoms with Gasteiger partial charge in [-0.3, -0.25) is 20.2 Å². The van der Waals surface area contributed by atoms with Gasteiger partial charge in [-0.15, -0.1) is 0 Å². The number of nitrogens with zero attached hydrogens (tertiary/aromatic N) is 1. The monoisotopic (exact) mass is 397 g/mol. The Hall–Kier alpha value is -2.62. The van der Waals surface area contributed by atoms with Crippen LogP contribution in [0, 0.1) is 5.41 Å². The number of morpholine rings is 1. The van der Waals surface area contributed by atoms with Gasteiger partial charge in [-0.05, 0) is 44.0 Å². The van der Waals surface area contributed by atoms with Crippen molar-refractivity contribution in [3.63, 3.8) is 0 Å². The molecule has 0 aliphatic carbocycles. The molecule has 3 aliphatic heterocycles. The fraction of sp³-hybridized carbons (Fsp3) is 0.500. The van der Waals surface area contributed by atoms with Crippen LogP contribution in [0.1, 0.15) is 25.0 Å². The van der Waals surface area contributed by atoms with Gasteiger partial charge in [0.2, 0.25) is 11.8 Å². The summed E-state index contributed by atoms with van der Waals surface area (Å²) in [6, 6.07) is 1.62. The van der Waals surface area contributed by atoms with E-state index in [4.69, 9.17) is 4.74 Å². The Morgan fingerprint density at radius 3 is 2.39 bits per heavy atom. The minimum Gasteiger partial charge on any atom is -0.372 e. The Morgan fingerprint density at radius 1 is 1.14 bits per heavy atom. The van der Waals surface area contributed by atoms with Crippen LogP contribution in [0.4, 0.5) is 23.7 Å². The summed E-state index contributed by atoms with van der Waals surface area (Å²) in [6.45, 7) is 3.81. The van der Waals surface area contributed by atoms with Crippen LogP contribution in [0.3, 0.4) is 0 Å². The molecule has 1 aromatic rings. The van der Waals surface area contributed by atoms with Crippen LogP contribution in [0.2, 0.25) is 0 Å². The summed E-state index contributed by atoms with van der Waals surface area (Å²) in [6.07, 6.45) is -5.64. The number of ether oxygens (including phenoxy) is 1. The number of nitrogens with one attached hydrogen (secondary N) is 2. The van der Waals surface area contributed by atoms with E-state index < -0.39 is 47.1 Å². The lowest BCUT2D eigenvalue weighted by Crippen LogP contribution is -2.75. The van der Waals surface area contributed by atoms with Crippen molar-refractivity contribution in [1.29, 1.82) is 0 Å². The lowest BCUT2D eigenvalue weighted by molar-refractivity contribution is -0.153. The molecule has 1 aromatic carbocycles. The zero-order valence-corrected chi connectivity index (χ0v) is 15.1. The predicted octanol–water partition coefficient (Wildman–Crippen LogP) is 1.60. The third-order valence-corrected chi connectivity index (χ3v) is 5.64. The van der Waals surface area contributed by atoms with Crippen LogP contribution in [-0.2, 0) is 26.9 Å². The average molecular weight is 397 g/mol. The first-order valence-electron chi connectivity index (χ1n) is 8.83. The van der Waals surface area contributed by atoms with Crippen LogP contribution in [0.5, 0.6) is 0 Å². The fourth-order valence-electron chi connectivity index (χ4n) is 4.62. The first kappa shape index (κ1) is 18.7. The number of rotatable bonds is 0. The number of hydrogen-bond acceptors (Lipinski definition) is 5. The molecule has 150 valence electrons. The lowest BCUT2D eigenvalue weighted by Gasteiger charge is -2.55. The maximum absolute atomic E-state index is 13.2. The van der Waals surface area contributed by atoms with Gasteiger partial charge in [0, 0.05) is 12.2 Å². The number of urea groups is 1. The Labute approximate surface area is 158 Å². The average Bonchev–Trinajstić information content (AvgIpc) is 2.57. The van der Waals surface area contributed by atoms with E-state index in [1.54, 1.807) is 11.8 Å². The Bertz CT molecular complexity index is 865. The summed E-state index contributed by atoms with van der Waals surface area (Å²) in [7, 11) is 0. The number of imide groups is 2. The van der Waals surface area contributed by atoms with Gasteiger partial charge in [-0.2, -0.15) is 13.2 Å². The summed E-state index contributed by atoms with van der Waals surface area (Å²) in [5.41, 5.74) is -1.87. The number of amides is 4. The number of fused-ring (bicyclic) bond motifs is 4. The van der Waals surface area contributed by atoms with Crippen LogP contribution in [-0.4, -0.2) is 42.6 Å². The zero-order valence-electron chi connectivity index (χ0n) is 15.1. The largest absolute Gasteiger partial charge is 0.416 e. The highest BCUT2D eigenvalue weighted by Crippen LogP contribution is 2.47. The highest BCUT2D eigenvalue weighted by atomic mass is 19.4. The highest BCUT2D eigenvalue weighted by molar-refractivity contribution is 6.20. The second-order valence-electron chi connectivity index (χ2n) is 7.48. The zero-order chi connectivity index (χ0) is 20.4. The summed E-state index contributed by atoms with van der Waals surface area (Å²) in [4.78, 5) is 39.1. The number of hydrogen-bond donors (Lipinski definition) is 2. The highest BCUT2D eigenvalue weighted by Gasteiger charge is 2.62. The second kappa shape index (κ2) is 5.94. The van der Waals surface area contributed by atoms with Crippen molar-refractivity contribution < 1.29 is 32.3 Å². The fourth-order valence-corrected chi connectivity index (χ4v) is 4.62. The smallest absolute Gasteiger partial charge is 0.372 e. The van der Waals surface area contributed by atoms with E-state index in [0.717, 1.165) is 12.1 Å². The molecule has 3 atom stereocenters. The van der Waals surface area contributed by atoms with Gasteiger partial charge in [-0.25, -0.2) is 4.79 Å². The molecule has 10 heteroatoms. The molecule has 2 fully saturated rings. The second-order valence-corrected chi connectivity index (χ2v) is 7.48. The number of anilines is 1. The quantitative estimate of drug-likeness (QED) is 0.650. The standard InChI is InChI=1S/C18H18F3N3O4/c1-8-7-24-12-4-3-11(18(19,20)21)5-10(12)6-17(13(24)9(2)28-8)14(25)22-16(27)23-15(17)26/h3-5,8-9,13H,6-7H2,1-2H3,(H2,22,23,25,26,27). The Balaban J connectivity index is 1.91. The number of carbonyl (C=O) groups is 3. The van der Waals surface area contributed by atoms with E-state index in [1.165, 1.54) is 6.07 Å². The first-order chi connectivity index (χ1) is 13.0. The van der Waals surface area contributed by atoms with E-state index in [0.29, 0.717) is 12.2 Å². The van der Waals surface area contributed by atoms with Gasteiger partial charge < -0.3 is 9.64 Å². The molecule has 3 aliphatic rings. The van der Waals surface area contributed by atoms with E-state index in [1.807, 2.05) is 6.92 Å². The normalized spacial score (nSPS) is 29.1. The summed E-state index contributed by atoms with van der Waals surface area (Å²) in [5, 5.41) is 4.19. The summed E-state index contributed by atoms with van der Waals surface area (Å²) in [5.74, 6) is -1.66. The predicted molar refractivity (Wildman–Crippen MR) is 90.4 cm³/mol. The van der Waals surface area contributed by atoms with Crippen molar-refractivity contribution in [2.75, 3.05) is 11.4 Å². The van der Waals surface area contributed by atoms with Gasteiger partial charge in [0.25, 0.3) is 0 Å². The van der Waals surface area contributed by atoms with E-state index >= 15 is 0 Å². The van der Waals surface area contributed by atoms with Crippen molar-refractivity contribution in [2.45, 2.75) is 44.7 Å². The Kier molecular flexibility index (Phi) is 3.97. The lowest BCUT2D eigenvalue weighted by atomic mass is 9.66. The topological polar surface area (TPSA) is 87.7 Å². The van der Waals surface area contributed by atoms with E-state index in [9.17, 15) is 27.6 Å². The van der Waals surface area contributed by atoms with Gasteiger partial charge in [0.15, 0.2) is 5.41 Å². The third-order valence-electron chi connectivity index (χ3n) is 5.64. The molecule has 7 nitrogen and oxygen atoms in total. The third kappa shape index (κ3) is 2.58. The molecule has 28 heavy (non-hydrogen) atoms. The maximum Gasteiger partial charge on any atom is 0.416 e. The molecule has 0 bridgehead atoms. The molecule has 0 aromatic heterocycles. The van der Waals surface area contributed by atoms with Crippen LogP contribution in [0.25, 0.3) is 0 Å². The van der Waals surface area contributed by atoms with Crippen molar-refractivity contribution in [3.05, 3.63) is 29.3 Å². The van der Waals surface area contributed by atoms with Gasteiger partial charge in [0.1, 0.15) is 0 Å². The molecular formula is C18H18F3N3O4. The molecule has 0 saturated carbocycles. The molecular weight excluding hydrogens is 379 g/mol. The SMILES string of the molecule is CC1CN2c3ccc(C(F)(F)F)cc3CC3(C(=O)NC(=O)NC3=O)C2C(C)O1. The van der Waals surface area contributed by atoms with Gasteiger partial charge in [-0.1, -0.05) is 0 Å².